The Balaban J connectivity index is 1.62. The van der Waals surface area contributed by atoms with Crippen LogP contribution in [0.3, 0.4) is 0 Å². The van der Waals surface area contributed by atoms with Gasteiger partial charge < -0.3 is 10.2 Å². The fraction of sp³-hybridized carbons (Fsp3) is 0.294. The van der Waals surface area contributed by atoms with Crippen molar-refractivity contribution >= 4 is 11.7 Å². The summed E-state index contributed by atoms with van der Waals surface area (Å²) in [6.45, 7) is 0. The molecule has 2 aliphatic rings. The van der Waals surface area contributed by atoms with Crippen molar-refractivity contribution in [1.82, 2.24) is 9.88 Å². The third-order valence-electron chi connectivity index (χ3n) is 4.75. The molecule has 7 heteroatoms. The van der Waals surface area contributed by atoms with E-state index in [0.29, 0.717) is 12.0 Å². The molecule has 1 N–H and O–H groups in total. The number of carbonyl (C=O) groups excluding carboxylic acids is 1. The minimum Gasteiger partial charge on any atom is -0.314 e. The van der Waals surface area contributed by atoms with E-state index in [0.717, 1.165) is 30.5 Å². The second-order valence-corrected chi connectivity index (χ2v) is 6.08. The molecule has 4 nitrogen and oxygen atoms in total. The first-order valence-electron chi connectivity index (χ1n) is 7.72. The molecule has 0 spiro atoms. The van der Waals surface area contributed by atoms with Crippen molar-refractivity contribution < 1.29 is 18.0 Å². The molecule has 2 atom stereocenters. The van der Waals surface area contributed by atoms with Gasteiger partial charge in [-0.3, -0.25) is 0 Å². The molecule has 0 saturated carbocycles. The van der Waals surface area contributed by atoms with Crippen LogP contribution in [0.4, 0.5) is 23.7 Å². The van der Waals surface area contributed by atoms with Gasteiger partial charge in [-0.15, -0.1) is 0 Å². The van der Waals surface area contributed by atoms with Crippen molar-refractivity contribution in [2.45, 2.75) is 31.3 Å². The number of nitrogens with one attached hydrogen (secondary N) is 1. The van der Waals surface area contributed by atoms with E-state index in [1.807, 2.05) is 0 Å². The van der Waals surface area contributed by atoms with Gasteiger partial charge in [-0.1, -0.05) is 0 Å². The molecule has 1 saturated heterocycles. The van der Waals surface area contributed by atoms with Gasteiger partial charge in [0.05, 0.1) is 11.7 Å². The Bertz CT molecular complexity index is 827. The number of nitrogens with zero attached hydrogens (tertiary/aromatic N) is 2. The van der Waals surface area contributed by atoms with Gasteiger partial charge in [0.2, 0.25) is 5.95 Å². The highest BCUT2D eigenvalue weighted by Gasteiger charge is 2.43. The fourth-order valence-corrected chi connectivity index (χ4v) is 3.70. The van der Waals surface area contributed by atoms with Gasteiger partial charge in [-0.25, -0.2) is 18.6 Å². The topological polar surface area (TPSA) is 45.2 Å². The lowest BCUT2D eigenvalue weighted by Gasteiger charge is -2.36. The van der Waals surface area contributed by atoms with E-state index < -0.39 is 23.6 Å². The normalized spacial score (nSPS) is 21.5. The Morgan fingerprint density at radius 3 is 2.83 bits per heavy atom. The van der Waals surface area contributed by atoms with Gasteiger partial charge in [0.15, 0.2) is 0 Å². The van der Waals surface area contributed by atoms with Gasteiger partial charge >= 0.3 is 6.03 Å². The monoisotopic (exact) mass is 333 g/mol. The van der Waals surface area contributed by atoms with Crippen molar-refractivity contribution in [3.05, 3.63) is 59.2 Å². The number of benzene rings is 1. The van der Waals surface area contributed by atoms with Crippen LogP contribution in [0.25, 0.3) is 0 Å². The summed E-state index contributed by atoms with van der Waals surface area (Å²) in [5.41, 5.74) is 1.24. The van der Waals surface area contributed by atoms with Crippen molar-refractivity contribution in [2.24, 2.45) is 0 Å². The van der Waals surface area contributed by atoms with Crippen LogP contribution in [-0.2, 0) is 6.42 Å². The molecular weight excluding hydrogens is 319 g/mol. The number of pyridine rings is 1. The van der Waals surface area contributed by atoms with Crippen LogP contribution in [0.1, 0.15) is 30.0 Å². The number of hydrogen-bond donors (Lipinski definition) is 1. The minimum atomic E-state index is -0.830. The lowest BCUT2D eigenvalue weighted by Crippen LogP contribution is -2.44. The lowest BCUT2D eigenvalue weighted by molar-refractivity contribution is 0.178. The van der Waals surface area contributed by atoms with Crippen molar-refractivity contribution in [3.8, 4) is 0 Å². The maximum atomic E-state index is 13.9. The number of amides is 2. The SMILES string of the molecule is O=C(Nc1ccc(F)cc1F)N1[C@@H]2CC[C@H]1c1ccnc(F)c1C2. The Morgan fingerprint density at radius 2 is 2.04 bits per heavy atom. The third-order valence-corrected chi connectivity index (χ3v) is 4.75. The quantitative estimate of drug-likeness (QED) is 0.807. The van der Waals surface area contributed by atoms with Gasteiger partial charge in [0, 0.05) is 23.9 Å². The zero-order chi connectivity index (χ0) is 16.8. The van der Waals surface area contributed by atoms with Gasteiger partial charge in [-0.05, 0) is 43.0 Å². The number of rotatable bonds is 1. The molecule has 2 amide bonds. The molecule has 1 aromatic carbocycles. The van der Waals surface area contributed by atoms with Crippen LogP contribution >= 0.6 is 0 Å². The van der Waals surface area contributed by atoms with Crippen LogP contribution in [-0.4, -0.2) is 22.0 Å². The van der Waals surface area contributed by atoms with Crippen LogP contribution in [0.5, 0.6) is 0 Å². The maximum Gasteiger partial charge on any atom is 0.322 e. The number of hydrogen-bond acceptors (Lipinski definition) is 2. The number of halogens is 3. The first-order chi connectivity index (χ1) is 11.5. The molecule has 0 radical (unpaired) electrons. The Kier molecular flexibility index (Phi) is 3.44. The van der Waals surface area contributed by atoms with E-state index in [9.17, 15) is 18.0 Å². The number of fused-ring (bicyclic) bond motifs is 4. The molecule has 2 bridgehead atoms. The minimum absolute atomic E-state index is 0.0764. The number of urea groups is 1. The van der Waals surface area contributed by atoms with E-state index in [1.165, 1.54) is 12.3 Å². The molecule has 3 heterocycles. The first kappa shape index (κ1) is 15.0. The second kappa shape index (κ2) is 5.51. The summed E-state index contributed by atoms with van der Waals surface area (Å²) in [4.78, 5) is 17.9. The van der Waals surface area contributed by atoms with E-state index in [4.69, 9.17) is 0 Å². The third kappa shape index (κ3) is 2.31. The van der Waals surface area contributed by atoms with E-state index in [1.54, 1.807) is 11.0 Å². The molecule has 2 aromatic rings. The molecule has 0 unspecified atom stereocenters. The highest BCUT2D eigenvalue weighted by atomic mass is 19.1. The number of aromatic nitrogens is 1. The van der Waals surface area contributed by atoms with E-state index in [2.05, 4.69) is 10.3 Å². The molecule has 124 valence electrons. The van der Waals surface area contributed by atoms with Crippen molar-refractivity contribution in [1.29, 1.82) is 0 Å². The standard InChI is InChI=1S/C17H14F3N3O/c18-9-1-3-14(13(19)7-9)22-17(24)23-10-2-4-15(23)11-5-6-21-16(20)12(11)8-10/h1,3,5-7,10,15H,2,4,8H2,(H,22,24)/t10-,15+/m1/s1. The average Bonchev–Trinajstić information content (AvgIpc) is 2.86. The van der Waals surface area contributed by atoms with Gasteiger partial charge in [0.25, 0.3) is 0 Å². The predicted octanol–water partition coefficient (Wildman–Crippen LogP) is 3.79. The number of carbonyl (C=O) groups is 1. The Labute approximate surface area is 136 Å². The molecule has 1 fully saturated rings. The number of anilines is 1. The highest BCUT2D eigenvalue weighted by Crippen LogP contribution is 2.44. The Morgan fingerprint density at radius 1 is 1.21 bits per heavy atom. The molecular formula is C17H14F3N3O. The summed E-state index contributed by atoms with van der Waals surface area (Å²) in [7, 11) is 0. The van der Waals surface area contributed by atoms with Crippen molar-refractivity contribution in [3.63, 3.8) is 0 Å². The summed E-state index contributed by atoms with van der Waals surface area (Å²) in [6.07, 6.45) is 3.26. The van der Waals surface area contributed by atoms with Crippen molar-refractivity contribution in [2.75, 3.05) is 5.32 Å². The first-order valence-corrected chi connectivity index (χ1v) is 7.72. The highest BCUT2D eigenvalue weighted by molar-refractivity contribution is 5.90. The zero-order valence-corrected chi connectivity index (χ0v) is 12.6. The van der Waals surface area contributed by atoms with E-state index >= 15 is 0 Å². The lowest BCUT2D eigenvalue weighted by atomic mass is 9.95. The fourth-order valence-electron chi connectivity index (χ4n) is 3.70. The summed E-state index contributed by atoms with van der Waals surface area (Å²) >= 11 is 0. The smallest absolute Gasteiger partial charge is 0.314 e. The molecule has 24 heavy (non-hydrogen) atoms. The van der Waals surface area contributed by atoms with Crippen LogP contribution in [0.2, 0.25) is 0 Å². The Hall–Kier alpha value is -2.57. The molecule has 0 aliphatic carbocycles. The zero-order valence-electron chi connectivity index (χ0n) is 12.6. The summed E-state index contributed by atoms with van der Waals surface area (Å²) in [6, 6.07) is 3.85. The molecule has 2 aliphatic heterocycles. The average molecular weight is 333 g/mol. The van der Waals surface area contributed by atoms with E-state index in [-0.39, 0.29) is 17.8 Å². The summed E-state index contributed by atoms with van der Waals surface area (Å²) < 4.78 is 40.6. The largest absolute Gasteiger partial charge is 0.322 e. The molecule has 4 rings (SSSR count). The van der Waals surface area contributed by atoms with Crippen LogP contribution in [0, 0.1) is 17.6 Å². The predicted molar refractivity (Wildman–Crippen MR) is 80.9 cm³/mol. The van der Waals surface area contributed by atoms with Gasteiger partial charge in [0.1, 0.15) is 11.6 Å². The second-order valence-electron chi connectivity index (χ2n) is 6.08. The molecule has 1 aromatic heterocycles. The summed E-state index contributed by atoms with van der Waals surface area (Å²) in [5.74, 6) is -2.03. The summed E-state index contributed by atoms with van der Waals surface area (Å²) in [5, 5.41) is 2.49. The van der Waals surface area contributed by atoms with Crippen LogP contribution in [0.15, 0.2) is 30.5 Å². The maximum absolute atomic E-state index is 13.9. The van der Waals surface area contributed by atoms with Gasteiger partial charge in [-0.2, -0.15) is 4.39 Å². The van der Waals surface area contributed by atoms with Crippen LogP contribution < -0.4 is 5.32 Å².